The van der Waals surface area contributed by atoms with Crippen molar-refractivity contribution >= 4 is 32.8 Å². The van der Waals surface area contributed by atoms with Crippen LogP contribution in [0.5, 0.6) is 0 Å². The molecule has 1 aliphatic rings. The van der Waals surface area contributed by atoms with Crippen molar-refractivity contribution in [2.45, 2.75) is 24.3 Å². The van der Waals surface area contributed by atoms with Gasteiger partial charge in [-0.1, -0.05) is 41.6 Å². The van der Waals surface area contributed by atoms with E-state index < -0.39 is 10.0 Å². The number of hydrogen-bond acceptors (Lipinski definition) is 5. The summed E-state index contributed by atoms with van der Waals surface area (Å²) in [6, 6.07) is 15.7. The molecule has 1 atom stereocenters. The summed E-state index contributed by atoms with van der Waals surface area (Å²) in [6.45, 7) is 3.18. The number of thioether (sulfide) groups is 1. The lowest BCUT2D eigenvalue weighted by Crippen LogP contribution is -2.34. The summed E-state index contributed by atoms with van der Waals surface area (Å²) in [4.78, 5) is 0. The Bertz CT molecular complexity index is 1050. The highest BCUT2D eigenvalue weighted by molar-refractivity contribution is 7.99. The SMILES string of the molecule is Cc1ccccc1C1CCN(S(=O)(=O)Cc2noc3ccccc23)CCS1. The molecule has 7 heteroatoms. The topological polar surface area (TPSA) is 63.4 Å². The monoisotopic (exact) mass is 402 g/mol. The first-order valence-corrected chi connectivity index (χ1v) is 11.7. The van der Waals surface area contributed by atoms with Crippen LogP contribution in [0.1, 0.15) is 28.5 Å². The molecule has 4 rings (SSSR count). The van der Waals surface area contributed by atoms with Crippen LogP contribution in [0.3, 0.4) is 0 Å². The lowest BCUT2D eigenvalue weighted by molar-refractivity contribution is 0.422. The first kappa shape index (κ1) is 18.5. The number of sulfonamides is 1. The van der Waals surface area contributed by atoms with Crippen LogP contribution in [0.2, 0.25) is 0 Å². The van der Waals surface area contributed by atoms with Crippen LogP contribution in [-0.4, -0.2) is 36.7 Å². The van der Waals surface area contributed by atoms with Gasteiger partial charge in [0.25, 0.3) is 0 Å². The Labute approximate surface area is 163 Å². The summed E-state index contributed by atoms with van der Waals surface area (Å²) in [5, 5.41) is 5.09. The van der Waals surface area contributed by atoms with Gasteiger partial charge >= 0.3 is 0 Å². The predicted octanol–water partition coefficient (Wildman–Crippen LogP) is 4.15. The third kappa shape index (κ3) is 3.90. The lowest BCUT2D eigenvalue weighted by Gasteiger charge is -2.20. The van der Waals surface area contributed by atoms with Crippen LogP contribution in [0, 0.1) is 6.92 Å². The van der Waals surface area contributed by atoms with Crippen molar-refractivity contribution in [3.05, 3.63) is 65.4 Å². The highest BCUT2D eigenvalue weighted by Gasteiger charge is 2.29. The molecule has 142 valence electrons. The van der Waals surface area contributed by atoms with Crippen molar-refractivity contribution in [3.63, 3.8) is 0 Å². The van der Waals surface area contributed by atoms with Gasteiger partial charge in [-0.15, -0.1) is 0 Å². The number of aryl methyl sites for hydroxylation is 1. The molecule has 1 aromatic heterocycles. The van der Waals surface area contributed by atoms with E-state index in [-0.39, 0.29) is 5.75 Å². The molecule has 27 heavy (non-hydrogen) atoms. The van der Waals surface area contributed by atoms with Gasteiger partial charge in [-0.05, 0) is 36.6 Å². The number of benzene rings is 2. The van der Waals surface area contributed by atoms with Crippen LogP contribution in [0.4, 0.5) is 0 Å². The van der Waals surface area contributed by atoms with Crippen LogP contribution < -0.4 is 0 Å². The average Bonchev–Trinajstić information content (AvgIpc) is 2.89. The fourth-order valence-electron chi connectivity index (χ4n) is 3.53. The molecule has 0 amide bonds. The third-order valence-corrected chi connectivity index (χ3v) is 8.10. The van der Waals surface area contributed by atoms with Crippen molar-refractivity contribution in [2.75, 3.05) is 18.8 Å². The van der Waals surface area contributed by atoms with Crippen LogP contribution >= 0.6 is 11.8 Å². The summed E-state index contributed by atoms with van der Waals surface area (Å²) < 4.78 is 32.9. The van der Waals surface area contributed by atoms with Gasteiger partial charge in [0.05, 0.1) is 0 Å². The molecule has 2 aromatic carbocycles. The Morgan fingerprint density at radius 2 is 1.93 bits per heavy atom. The summed E-state index contributed by atoms with van der Waals surface area (Å²) in [5.41, 5.74) is 3.68. The second-order valence-corrected chi connectivity index (χ2v) is 10.1. The van der Waals surface area contributed by atoms with Gasteiger partial charge in [0.1, 0.15) is 11.4 Å². The molecular formula is C20H22N2O3S2. The maximum Gasteiger partial charge on any atom is 0.220 e. The highest BCUT2D eigenvalue weighted by atomic mass is 32.2. The van der Waals surface area contributed by atoms with E-state index in [0.29, 0.717) is 29.6 Å². The summed E-state index contributed by atoms with van der Waals surface area (Å²) in [7, 11) is -3.44. The molecule has 2 heterocycles. The van der Waals surface area contributed by atoms with Gasteiger partial charge in [-0.2, -0.15) is 11.8 Å². The van der Waals surface area contributed by atoms with Crippen molar-refractivity contribution in [1.29, 1.82) is 0 Å². The largest absolute Gasteiger partial charge is 0.356 e. The molecule has 0 bridgehead atoms. The van der Waals surface area contributed by atoms with Crippen molar-refractivity contribution in [3.8, 4) is 0 Å². The zero-order valence-electron chi connectivity index (χ0n) is 15.2. The standard InChI is InChI=1S/C20H22N2O3S2/c1-15-6-2-3-7-16(15)20-10-11-22(12-13-26-20)27(23,24)14-18-17-8-4-5-9-19(17)25-21-18/h2-9,20H,10-14H2,1H3. The molecule has 1 unspecified atom stereocenters. The maximum absolute atomic E-state index is 13.0. The van der Waals surface area contributed by atoms with E-state index in [9.17, 15) is 8.42 Å². The normalized spacial score (nSPS) is 19.2. The fraction of sp³-hybridized carbons (Fsp3) is 0.350. The van der Waals surface area contributed by atoms with Crippen LogP contribution in [0.25, 0.3) is 11.0 Å². The summed E-state index contributed by atoms with van der Waals surface area (Å²) in [5.74, 6) is 0.668. The molecule has 0 radical (unpaired) electrons. The molecule has 0 aliphatic carbocycles. The van der Waals surface area contributed by atoms with Crippen molar-refractivity contribution in [2.24, 2.45) is 0 Å². The first-order chi connectivity index (χ1) is 13.0. The van der Waals surface area contributed by atoms with Gasteiger partial charge in [-0.25, -0.2) is 12.7 Å². The van der Waals surface area contributed by atoms with Gasteiger partial charge in [0.2, 0.25) is 10.0 Å². The van der Waals surface area contributed by atoms with Gasteiger partial charge in [-0.3, -0.25) is 0 Å². The van der Waals surface area contributed by atoms with Gasteiger partial charge in [0.15, 0.2) is 5.58 Å². The second kappa shape index (κ2) is 7.66. The number of para-hydroxylation sites is 1. The Kier molecular flexibility index (Phi) is 5.25. The molecule has 0 saturated carbocycles. The minimum Gasteiger partial charge on any atom is -0.356 e. The molecule has 0 N–H and O–H groups in total. The van der Waals surface area contributed by atoms with E-state index >= 15 is 0 Å². The third-order valence-electron chi connectivity index (χ3n) is 5.00. The first-order valence-electron chi connectivity index (χ1n) is 9.03. The summed E-state index contributed by atoms with van der Waals surface area (Å²) >= 11 is 1.84. The Balaban J connectivity index is 1.50. The molecule has 1 fully saturated rings. The van der Waals surface area contributed by atoms with Crippen LogP contribution in [0.15, 0.2) is 53.1 Å². The van der Waals surface area contributed by atoms with E-state index in [1.54, 1.807) is 10.4 Å². The van der Waals surface area contributed by atoms with Gasteiger partial charge in [0, 0.05) is 29.5 Å². The lowest BCUT2D eigenvalue weighted by atomic mass is 10.0. The quantitative estimate of drug-likeness (QED) is 0.656. The fourth-order valence-corrected chi connectivity index (χ4v) is 6.46. The number of aromatic nitrogens is 1. The number of hydrogen-bond donors (Lipinski definition) is 0. The Morgan fingerprint density at radius 3 is 2.78 bits per heavy atom. The van der Waals surface area contributed by atoms with Gasteiger partial charge < -0.3 is 4.52 Å². The van der Waals surface area contributed by atoms with E-state index in [1.165, 1.54) is 11.1 Å². The highest BCUT2D eigenvalue weighted by Crippen LogP contribution is 2.36. The predicted molar refractivity (Wildman–Crippen MR) is 109 cm³/mol. The second-order valence-electron chi connectivity index (χ2n) is 6.79. The molecule has 5 nitrogen and oxygen atoms in total. The van der Waals surface area contributed by atoms with E-state index in [0.717, 1.165) is 17.6 Å². The van der Waals surface area contributed by atoms with E-state index in [4.69, 9.17) is 4.52 Å². The number of nitrogens with zero attached hydrogens (tertiary/aromatic N) is 2. The minimum absolute atomic E-state index is 0.121. The molecular weight excluding hydrogens is 380 g/mol. The summed E-state index contributed by atoms with van der Waals surface area (Å²) in [6.07, 6.45) is 0.814. The number of rotatable bonds is 4. The molecule has 1 saturated heterocycles. The Morgan fingerprint density at radius 1 is 1.15 bits per heavy atom. The van der Waals surface area contributed by atoms with Crippen molar-refractivity contribution in [1.82, 2.24) is 9.46 Å². The molecule has 0 spiro atoms. The minimum atomic E-state index is -3.44. The van der Waals surface area contributed by atoms with E-state index in [2.05, 4.69) is 30.3 Å². The van der Waals surface area contributed by atoms with E-state index in [1.807, 2.05) is 36.0 Å². The number of fused-ring (bicyclic) bond motifs is 1. The Hall–Kier alpha value is -1.83. The maximum atomic E-state index is 13.0. The van der Waals surface area contributed by atoms with Crippen LogP contribution in [-0.2, 0) is 15.8 Å². The average molecular weight is 403 g/mol. The zero-order valence-corrected chi connectivity index (χ0v) is 16.8. The molecule has 1 aliphatic heterocycles. The zero-order chi connectivity index (χ0) is 18.9. The smallest absolute Gasteiger partial charge is 0.220 e. The molecule has 3 aromatic rings. The van der Waals surface area contributed by atoms with Crippen molar-refractivity contribution < 1.29 is 12.9 Å².